The van der Waals surface area contributed by atoms with Crippen molar-refractivity contribution in [1.29, 1.82) is 0 Å². The predicted molar refractivity (Wildman–Crippen MR) is 60.3 cm³/mol. The van der Waals surface area contributed by atoms with Crippen molar-refractivity contribution < 1.29 is 0 Å². The molecule has 0 fully saturated rings. The first-order valence-corrected chi connectivity index (χ1v) is 5.54. The van der Waals surface area contributed by atoms with E-state index in [4.69, 9.17) is 0 Å². The van der Waals surface area contributed by atoms with Crippen LogP contribution in [0.3, 0.4) is 0 Å². The summed E-state index contributed by atoms with van der Waals surface area (Å²) in [6, 6.07) is 2.12. The number of rotatable bonds is 4. The number of aromatic nitrogens is 2. The Bertz CT molecular complexity index is 274. The lowest BCUT2D eigenvalue weighted by Gasteiger charge is -2.15. The Hall–Kier alpha value is -0.790. The van der Waals surface area contributed by atoms with E-state index in [0.717, 1.165) is 12.5 Å². The van der Waals surface area contributed by atoms with Crippen LogP contribution in [-0.4, -0.2) is 9.78 Å². The van der Waals surface area contributed by atoms with Crippen LogP contribution in [0.5, 0.6) is 0 Å². The minimum atomic E-state index is 0.533. The summed E-state index contributed by atoms with van der Waals surface area (Å²) in [4.78, 5) is 0. The van der Waals surface area contributed by atoms with Crippen LogP contribution in [-0.2, 0) is 6.54 Å². The van der Waals surface area contributed by atoms with Gasteiger partial charge < -0.3 is 0 Å². The molecule has 1 atom stereocenters. The SMILES string of the molecule is CC(C)c1ccn(CC(C)C(C)C)n1. The van der Waals surface area contributed by atoms with Crippen molar-refractivity contribution in [3.05, 3.63) is 18.0 Å². The number of nitrogens with zero attached hydrogens (tertiary/aromatic N) is 2. The molecule has 1 unspecified atom stereocenters. The molecule has 0 saturated carbocycles. The van der Waals surface area contributed by atoms with E-state index in [1.54, 1.807) is 0 Å². The third-order valence-corrected chi connectivity index (χ3v) is 2.87. The third kappa shape index (κ3) is 2.86. The highest BCUT2D eigenvalue weighted by atomic mass is 15.3. The van der Waals surface area contributed by atoms with Gasteiger partial charge >= 0.3 is 0 Å². The molecule has 2 heteroatoms. The van der Waals surface area contributed by atoms with Crippen molar-refractivity contribution in [1.82, 2.24) is 9.78 Å². The van der Waals surface area contributed by atoms with Crippen LogP contribution in [0.1, 0.15) is 46.2 Å². The molecular weight excluding hydrogens is 172 g/mol. The standard InChI is InChI=1S/C12H22N2/c1-9(2)11(5)8-14-7-6-12(13-14)10(3)4/h6-7,9-11H,8H2,1-5H3. The molecule has 1 aromatic heterocycles. The van der Waals surface area contributed by atoms with Crippen LogP contribution in [0, 0.1) is 11.8 Å². The predicted octanol–water partition coefficient (Wildman–Crippen LogP) is 3.30. The first kappa shape index (κ1) is 11.3. The molecular formula is C12H22N2. The molecule has 2 nitrogen and oxygen atoms in total. The molecule has 1 aromatic rings. The summed E-state index contributed by atoms with van der Waals surface area (Å²) in [5, 5.41) is 4.55. The van der Waals surface area contributed by atoms with Gasteiger partial charge in [-0.05, 0) is 23.8 Å². The molecule has 0 N–H and O–H groups in total. The average molecular weight is 194 g/mol. The zero-order valence-corrected chi connectivity index (χ0v) is 9.99. The smallest absolute Gasteiger partial charge is 0.0649 e. The van der Waals surface area contributed by atoms with Crippen LogP contribution in [0.2, 0.25) is 0 Å². The molecule has 0 bridgehead atoms. The van der Waals surface area contributed by atoms with Crippen LogP contribution < -0.4 is 0 Å². The van der Waals surface area contributed by atoms with Gasteiger partial charge in [-0.25, -0.2) is 0 Å². The maximum absolute atomic E-state index is 4.55. The van der Waals surface area contributed by atoms with E-state index in [2.05, 4.69) is 56.7 Å². The van der Waals surface area contributed by atoms with Crippen LogP contribution >= 0.6 is 0 Å². The van der Waals surface area contributed by atoms with E-state index >= 15 is 0 Å². The first-order chi connectivity index (χ1) is 6.50. The summed E-state index contributed by atoms with van der Waals surface area (Å²) in [5.74, 6) is 1.95. The van der Waals surface area contributed by atoms with E-state index < -0.39 is 0 Å². The fourth-order valence-electron chi connectivity index (χ4n) is 1.29. The van der Waals surface area contributed by atoms with Gasteiger partial charge in [-0.2, -0.15) is 5.10 Å². The van der Waals surface area contributed by atoms with Crippen molar-refractivity contribution >= 4 is 0 Å². The lowest BCUT2D eigenvalue weighted by molar-refractivity contribution is 0.347. The van der Waals surface area contributed by atoms with E-state index in [-0.39, 0.29) is 0 Å². The summed E-state index contributed by atoms with van der Waals surface area (Å²) in [6.07, 6.45) is 2.09. The first-order valence-electron chi connectivity index (χ1n) is 5.54. The van der Waals surface area contributed by atoms with E-state index in [1.807, 2.05) is 0 Å². The van der Waals surface area contributed by atoms with Gasteiger partial charge in [-0.1, -0.05) is 34.6 Å². The second-order valence-electron chi connectivity index (χ2n) is 4.84. The van der Waals surface area contributed by atoms with Gasteiger partial charge in [-0.15, -0.1) is 0 Å². The van der Waals surface area contributed by atoms with Crippen LogP contribution in [0.15, 0.2) is 12.3 Å². The van der Waals surface area contributed by atoms with Gasteiger partial charge in [-0.3, -0.25) is 4.68 Å². The minimum absolute atomic E-state index is 0.533. The summed E-state index contributed by atoms with van der Waals surface area (Å²) >= 11 is 0. The molecule has 1 rings (SSSR count). The fourth-order valence-corrected chi connectivity index (χ4v) is 1.29. The fraction of sp³-hybridized carbons (Fsp3) is 0.750. The second-order valence-corrected chi connectivity index (χ2v) is 4.84. The Balaban J connectivity index is 2.60. The zero-order valence-electron chi connectivity index (χ0n) is 9.99. The third-order valence-electron chi connectivity index (χ3n) is 2.87. The Morgan fingerprint density at radius 1 is 1.21 bits per heavy atom. The monoisotopic (exact) mass is 194 g/mol. The van der Waals surface area contributed by atoms with Crippen molar-refractivity contribution in [2.45, 2.75) is 47.1 Å². The maximum atomic E-state index is 4.55. The van der Waals surface area contributed by atoms with E-state index in [1.165, 1.54) is 5.69 Å². The molecule has 0 aromatic carbocycles. The second kappa shape index (κ2) is 4.63. The quantitative estimate of drug-likeness (QED) is 0.719. The maximum Gasteiger partial charge on any atom is 0.0649 e. The average Bonchev–Trinajstić information content (AvgIpc) is 2.52. The topological polar surface area (TPSA) is 17.8 Å². The largest absolute Gasteiger partial charge is 0.272 e. The number of hydrogen-bond donors (Lipinski definition) is 0. The molecule has 0 radical (unpaired) electrons. The highest BCUT2D eigenvalue weighted by molar-refractivity contribution is 5.03. The lowest BCUT2D eigenvalue weighted by atomic mass is 9.98. The summed E-state index contributed by atoms with van der Waals surface area (Å²) in [6.45, 7) is 12.2. The summed E-state index contributed by atoms with van der Waals surface area (Å²) in [7, 11) is 0. The van der Waals surface area contributed by atoms with Gasteiger partial charge in [0.15, 0.2) is 0 Å². The van der Waals surface area contributed by atoms with Crippen LogP contribution in [0.25, 0.3) is 0 Å². The van der Waals surface area contributed by atoms with Gasteiger partial charge in [0.2, 0.25) is 0 Å². The van der Waals surface area contributed by atoms with E-state index in [9.17, 15) is 0 Å². The molecule has 80 valence electrons. The molecule has 0 aliphatic carbocycles. The zero-order chi connectivity index (χ0) is 10.7. The highest BCUT2D eigenvalue weighted by Gasteiger charge is 2.09. The highest BCUT2D eigenvalue weighted by Crippen LogP contribution is 2.14. The Morgan fingerprint density at radius 2 is 1.86 bits per heavy atom. The van der Waals surface area contributed by atoms with Gasteiger partial charge in [0, 0.05) is 12.7 Å². The molecule has 0 aliphatic heterocycles. The summed E-state index contributed by atoms with van der Waals surface area (Å²) in [5.41, 5.74) is 1.20. The Morgan fingerprint density at radius 3 is 2.29 bits per heavy atom. The van der Waals surface area contributed by atoms with Crippen molar-refractivity contribution in [2.75, 3.05) is 0 Å². The molecule has 0 aliphatic rings. The minimum Gasteiger partial charge on any atom is -0.272 e. The van der Waals surface area contributed by atoms with Crippen molar-refractivity contribution in [3.63, 3.8) is 0 Å². The molecule has 0 spiro atoms. The van der Waals surface area contributed by atoms with Gasteiger partial charge in [0.1, 0.15) is 0 Å². The van der Waals surface area contributed by atoms with Crippen molar-refractivity contribution in [3.8, 4) is 0 Å². The number of hydrogen-bond acceptors (Lipinski definition) is 1. The van der Waals surface area contributed by atoms with Crippen molar-refractivity contribution in [2.24, 2.45) is 11.8 Å². The molecule has 1 heterocycles. The molecule has 14 heavy (non-hydrogen) atoms. The van der Waals surface area contributed by atoms with E-state index in [0.29, 0.717) is 11.8 Å². The lowest BCUT2D eigenvalue weighted by Crippen LogP contribution is -2.13. The Kier molecular flexibility index (Phi) is 3.73. The summed E-state index contributed by atoms with van der Waals surface area (Å²) < 4.78 is 2.07. The molecule has 0 saturated heterocycles. The Labute approximate surface area is 87.3 Å². The normalized spacial score (nSPS) is 13.9. The van der Waals surface area contributed by atoms with Gasteiger partial charge in [0.25, 0.3) is 0 Å². The van der Waals surface area contributed by atoms with Gasteiger partial charge in [0.05, 0.1) is 5.69 Å². The van der Waals surface area contributed by atoms with Crippen LogP contribution in [0.4, 0.5) is 0 Å². The molecule has 0 amide bonds.